The molecule has 0 fully saturated rings. The van der Waals surface area contributed by atoms with Gasteiger partial charge in [0.25, 0.3) is 5.91 Å². The Morgan fingerprint density at radius 3 is 2.68 bits per heavy atom. The van der Waals surface area contributed by atoms with Gasteiger partial charge in [-0.15, -0.1) is 0 Å². The number of fused-ring (bicyclic) bond motifs is 1. The van der Waals surface area contributed by atoms with E-state index < -0.39 is 0 Å². The van der Waals surface area contributed by atoms with Crippen LogP contribution in [0.4, 0.5) is 16.3 Å². The van der Waals surface area contributed by atoms with Crippen LogP contribution in [-0.4, -0.2) is 27.0 Å². The first-order valence-corrected chi connectivity index (χ1v) is 8.62. The molecule has 0 aliphatic carbocycles. The van der Waals surface area contributed by atoms with Crippen molar-refractivity contribution in [3.05, 3.63) is 77.0 Å². The summed E-state index contributed by atoms with van der Waals surface area (Å²) in [6, 6.07) is 17.4. The van der Waals surface area contributed by atoms with Crippen LogP contribution in [0.3, 0.4) is 0 Å². The van der Waals surface area contributed by atoms with E-state index in [2.05, 4.69) is 20.8 Å². The number of carbonyl (C=O) groups is 2. The van der Waals surface area contributed by atoms with Gasteiger partial charge in [-0.05, 0) is 30.3 Å². The average Bonchev–Trinajstić information content (AvgIpc) is 3.31. The molecular weight excluding hydrogens is 356 g/mol. The Kier molecular flexibility index (Phi) is 4.48. The van der Waals surface area contributed by atoms with Crippen molar-refractivity contribution >= 4 is 23.4 Å². The molecule has 8 nitrogen and oxygen atoms in total. The summed E-state index contributed by atoms with van der Waals surface area (Å²) < 4.78 is 0. The number of amides is 3. The van der Waals surface area contributed by atoms with Crippen molar-refractivity contribution < 1.29 is 9.59 Å². The highest BCUT2D eigenvalue weighted by Crippen LogP contribution is 2.28. The zero-order valence-corrected chi connectivity index (χ0v) is 14.8. The van der Waals surface area contributed by atoms with Gasteiger partial charge < -0.3 is 15.5 Å². The number of rotatable bonds is 3. The average molecular weight is 372 g/mol. The molecule has 1 aromatic heterocycles. The van der Waals surface area contributed by atoms with Gasteiger partial charge >= 0.3 is 6.03 Å². The molecule has 0 saturated carbocycles. The zero-order valence-electron chi connectivity index (χ0n) is 14.8. The SMILES string of the molecule is N#Cc1cccc(C(=O)Nc2n[nH]c3c2CN(C(=O)Nc2ccccc2)C3)c1. The third-order valence-corrected chi connectivity index (χ3v) is 4.45. The molecule has 3 aromatic rings. The van der Waals surface area contributed by atoms with E-state index in [1.165, 1.54) is 6.07 Å². The van der Waals surface area contributed by atoms with Crippen molar-refractivity contribution in [3.63, 3.8) is 0 Å². The Hall–Kier alpha value is -4.12. The van der Waals surface area contributed by atoms with Crippen LogP contribution in [0.15, 0.2) is 54.6 Å². The molecule has 138 valence electrons. The van der Waals surface area contributed by atoms with Crippen LogP contribution in [0.1, 0.15) is 27.2 Å². The van der Waals surface area contributed by atoms with Crippen LogP contribution in [0, 0.1) is 11.3 Å². The standard InChI is InChI=1S/C20H16N6O2/c21-10-13-5-4-6-14(9-13)19(27)23-18-16-11-26(12-17(16)24-25-18)20(28)22-15-7-2-1-3-8-15/h1-9H,11-12H2,(H,22,28)(H2,23,24,25,27). The Morgan fingerprint density at radius 2 is 1.89 bits per heavy atom. The van der Waals surface area contributed by atoms with Crippen molar-refractivity contribution in [2.45, 2.75) is 13.1 Å². The lowest BCUT2D eigenvalue weighted by Gasteiger charge is -2.16. The van der Waals surface area contributed by atoms with Crippen molar-refractivity contribution in [1.82, 2.24) is 15.1 Å². The Bertz CT molecular complexity index is 1080. The van der Waals surface area contributed by atoms with E-state index in [0.29, 0.717) is 35.7 Å². The molecule has 1 aliphatic rings. The van der Waals surface area contributed by atoms with Crippen molar-refractivity contribution in [1.29, 1.82) is 5.26 Å². The number of nitriles is 1. The molecule has 2 heterocycles. The second-order valence-electron chi connectivity index (χ2n) is 6.33. The van der Waals surface area contributed by atoms with E-state index >= 15 is 0 Å². The van der Waals surface area contributed by atoms with Crippen LogP contribution in [-0.2, 0) is 13.1 Å². The number of para-hydroxylation sites is 1. The first-order valence-electron chi connectivity index (χ1n) is 8.62. The van der Waals surface area contributed by atoms with E-state index in [4.69, 9.17) is 5.26 Å². The number of urea groups is 1. The van der Waals surface area contributed by atoms with E-state index in [-0.39, 0.29) is 11.9 Å². The fourth-order valence-corrected chi connectivity index (χ4v) is 3.02. The maximum absolute atomic E-state index is 12.5. The van der Waals surface area contributed by atoms with Gasteiger partial charge in [0.1, 0.15) is 0 Å². The zero-order chi connectivity index (χ0) is 19.5. The first kappa shape index (κ1) is 17.3. The number of aromatic amines is 1. The molecule has 8 heteroatoms. The van der Waals surface area contributed by atoms with Gasteiger partial charge in [0.05, 0.1) is 30.4 Å². The van der Waals surface area contributed by atoms with Gasteiger partial charge in [-0.3, -0.25) is 9.89 Å². The fraction of sp³-hybridized carbons (Fsp3) is 0.100. The molecule has 28 heavy (non-hydrogen) atoms. The molecule has 0 atom stereocenters. The smallest absolute Gasteiger partial charge is 0.314 e. The number of nitrogens with one attached hydrogen (secondary N) is 3. The number of nitrogens with zero attached hydrogens (tertiary/aromatic N) is 3. The lowest BCUT2D eigenvalue weighted by Crippen LogP contribution is -2.30. The van der Waals surface area contributed by atoms with Crippen molar-refractivity contribution in [3.8, 4) is 6.07 Å². The molecule has 3 amide bonds. The van der Waals surface area contributed by atoms with Gasteiger partial charge in [-0.2, -0.15) is 10.4 Å². The largest absolute Gasteiger partial charge is 0.322 e. The van der Waals surface area contributed by atoms with Crippen LogP contribution >= 0.6 is 0 Å². The highest BCUT2D eigenvalue weighted by Gasteiger charge is 2.29. The monoisotopic (exact) mass is 372 g/mol. The van der Waals surface area contributed by atoms with Crippen LogP contribution in [0.5, 0.6) is 0 Å². The van der Waals surface area contributed by atoms with Gasteiger partial charge in [-0.1, -0.05) is 24.3 Å². The molecule has 0 radical (unpaired) electrons. The quantitative estimate of drug-likeness (QED) is 0.655. The predicted molar refractivity (Wildman–Crippen MR) is 102 cm³/mol. The summed E-state index contributed by atoms with van der Waals surface area (Å²) in [5.74, 6) is 0.0240. The van der Waals surface area contributed by atoms with Crippen LogP contribution < -0.4 is 10.6 Å². The number of anilines is 2. The van der Waals surface area contributed by atoms with E-state index in [1.54, 1.807) is 23.1 Å². The molecule has 4 rings (SSSR count). The highest BCUT2D eigenvalue weighted by molar-refractivity contribution is 6.04. The topological polar surface area (TPSA) is 114 Å². The molecule has 0 spiro atoms. The number of benzene rings is 2. The van der Waals surface area contributed by atoms with Gasteiger partial charge in [0.15, 0.2) is 5.82 Å². The molecule has 0 bridgehead atoms. The van der Waals surface area contributed by atoms with Gasteiger partial charge in [0, 0.05) is 16.8 Å². The maximum Gasteiger partial charge on any atom is 0.322 e. The number of carbonyl (C=O) groups excluding carboxylic acids is 2. The summed E-state index contributed by atoms with van der Waals surface area (Å²) in [6.07, 6.45) is 0. The highest BCUT2D eigenvalue weighted by atomic mass is 16.2. The molecular formula is C20H16N6O2. The summed E-state index contributed by atoms with van der Waals surface area (Å²) in [7, 11) is 0. The van der Waals surface area contributed by atoms with Gasteiger partial charge in [-0.25, -0.2) is 4.79 Å². The number of hydrogen-bond acceptors (Lipinski definition) is 4. The van der Waals surface area contributed by atoms with Crippen LogP contribution in [0.2, 0.25) is 0 Å². The normalized spacial score (nSPS) is 12.2. The summed E-state index contributed by atoms with van der Waals surface area (Å²) >= 11 is 0. The Balaban J connectivity index is 1.45. The molecule has 1 aliphatic heterocycles. The number of hydrogen-bond donors (Lipinski definition) is 3. The minimum absolute atomic E-state index is 0.227. The molecule has 0 unspecified atom stereocenters. The molecule has 3 N–H and O–H groups in total. The second kappa shape index (κ2) is 7.25. The third-order valence-electron chi connectivity index (χ3n) is 4.45. The van der Waals surface area contributed by atoms with Crippen molar-refractivity contribution in [2.75, 3.05) is 10.6 Å². The fourth-order valence-electron chi connectivity index (χ4n) is 3.02. The van der Waals surface area contributed by atoms with Gasteiger partial charge in [0.2, 0.25) is 0 Å². The van der Waals surface area contributed by atoms with E-state index in [0.717, 1.165) is 11.3 Å². The Labute approximate surface area is 160 Å². The summed E-state index contributed by atoms with van der Waals surface area (Å²) in [5, 5.41) is 21.6. The summed E-state index contributed by atoms with van der Waals surface area (Å²) in [4.78, 5) is 26.6. The third kappa shape index (κ3) is 3.41. The first-order chi connectivity index (χ1) is 13.6. The Morgan fingerprint density at radius 1 is 1.07 bits per heavy atom. The lowest BCUT2D eigenvalue weighted by atomic mass is 10.1. The van der Waals surface area contributed by atoms with E-state index in [1.807, 2.05) is 36.4 Å². The summed E-state index contributed by atoms with van der Waals surface area (Å²) in [5.41, 5.74) is 3.04. The number of aromatic nitrogens is 2. The minimum Gasteiger partial charge on any atom is -0.314 e. The molecule has 0 saturated heterocycles. The minimum atomic E-state index is -0.362. The lowest BCUT2D eigenvalue weighted by molar-refractivity contribution is 0.102. The van der Waals surface area contributed by atoms with Crippen LogP contribution in [0.25, 0.3) is 0 Å². The van der Waals surface area contributed by atoms with E-state index in [9.17, 15) is 9.59 Å². The number of H-pyrrole nitrogens is 1. The predicted octanol–water partition coefficient (Wildman–Crippen LogP) is 3.08. The molecule has 2 aromatic carbocycles. The van der Waals surface area contributed by atoms with Crippen molar-refractivity contribution in [2.24, 2.45) is 0 Å². The maximum atomic E-state index is 12.5. The second-order valence-corrected chi connectivity index (χ2v) is 6.33. The summed E-state index contributed by atoms with van der Waals surface area (Å²) in [6.45, 7) is 0.707.